The van der Waals surface area contributed by atoms with Gasteiger partial charge in [-0.3, -0.25) is 0 Å². The molecule has 4 nitrogen and oxygen atoms in total. The molecule has 0 heterocycles. The largest absolute Gasteiger partial charge is 0.383 e. The van der Waals surface area contributed by atoms with Crippen LogP contribution >= 0.6 is 0 Å². The lowest BCUT2D eigenvalue weighted by Gasteiger charge is -2.43. The van der Waals surface area contributed by atoms with Gasteiger partial charge in [0.2, 0.25) is 0 Å². The van der Waals surface area contributed by atoms with Crippen LogP contribution in [-0.2, 0) is 9.47 Å². The van der Waals surface area contributed by atoms with E-state index in [0.717, 1.165) is 26.0 Å². The zero-order valence-corrected chi connectivity index (χ0v) is 9.92. The lowest BCUT2D eigenvalue weighted by atomic mass is 9.79. The minimum absolute atomic E-state index is 0.0362. The first-order chi connectivity index (χ1) is 7.29. The maximum atomic E-state index is 5.90. The number of ether oxygens (including phenoxy) is 2. The molecule has 2 atom stereocenters. The highest BCUT2D eigenvalue weighted by molar-refractivity contribution is 4.99. The minimum atomic E-state index is -0.0362. The van der Waals surface area contributed by atoms with Crippen molar-refractivity contribution in [3.8, 4) is 0 Å². The molecule has 0 bridgehead atoms. The quantitative estimate of drug-likeness (QED) is 0.635. The molecule has 0 amide bonds. The Morgan fingerprint density at radius 3 is 2.80 bits per heavy atom. The lowest BCUT2D eigenvalue weighted by Crippen LogP contribution is -2.61. The molecule has 0 aromatic carbocycles. The van der Waals surface area contributed by atoms with E-state index in [0.29, 0.717) is 6.54 Å². The summed E-state index contributed by atoms with van der Waals surface area (Å²) in [5.41, 5.74) is 5.87. The van der Waals surface area contributed by atoms with E-state index in [1.165, 1.54) is 12.8 Å². The Hall–Kier alpha value is -0.160. The van der Waals surface area contributed by atoms with Gasteiger partial charge in [-0.2, -0.15) is 0 Å². The van der Waals surface area contributed by atoms with Gasteiger partial charge < -0.3 is 20.5 Å². The van der Waals surface area contributed by atoms with Crippen LogP contribution in [0.1, 0.15) is 25.7 Å². The first kappa shape index (κ1) is 12.9. The Labute approximate surface area is 92.5 Å². The van der Waals surface area contributed by atoms with Crippen LogP contribution in [-0.4, -0.2) is 45.6 Å². The van der Waals surface area contributed by atoms with Crippen LogP contribution in [0.3, 0.4) is 0 Å². The average molecular weight is 216 g/mol. The summed E-state index contributed by atoms with van der Waals surface area (Å²) in [6.45, 7) is 2.20. The normalized spacial score (nSPS) is 31.8. The predicted molar refractivity (Wildman–Crippen MR) is 60.9 cm³/mol. The monoisotopic (exact) mass is 216 g/mol. The van der Waals surface area contributed by atoms with Gasteiger partial charge in [-0.25, -0.2) is 0 Å². The van der Waals surface area contributed by atoms with Gasteiger partial charge in [0.05, 0.1) is 18.2 Å². The summed E-state index contributed by atoms with van der Waals surface area (Å²) in [4.78, 5) is 0. The molecule has 0 radical (unpaired) electrons. The van der Waals surface area contributed by atoms with Crippen molar-refractivity contribution in [1.82, 2.24) is 5.32 Å². The lowest BCUT2D eigenvalue weighted by molar-refractivity contribution is -0.0107. The second-order valence-corrected chi connectivity index (χ2v) is 4.25. The summed E-state index contributed by atoms with van der Waals surface area (Å²) in [6.07, 6.45) is 4.93. The molecule has 0 saturated heterocycles. The molecule has 1 fully saturated rings. The van der Waals surface area contributed by atoms with Crippen molar-refractivity contribution in [2.24, 2.45) is 5.73 Å². The molecule has 0 spiro atoms. The second kappa shape index (κ2) is 6.43. The van der Waals surface area contributed by atoms with Crippen LogP contribution in [0.25, 0.3) is 0 Å². The number of hydrogen-bond donors (Lipinski definition) is 2. The maximum Gasteiger partial charge on any atom is 0.0765 e. The van der Waals surface area contributed by atoms with Gasteiger partial charge in [0.15, 0.2) is 0 Å². The highest BCUT2D eigenvalue weighted by atomic mass is 16.5. The van der Waals surface area contributed by atoms with Crippen molar-refractivity contribution >= 4 is 0 Å². The van der Waals surface area contributed by atoms with Crippen molar-refractivity contribution in [3.63, 3.8) is 0 Å². The van der Waals surface area contributed by atoms with Crippen LogP contribution in [0.4, 0.5) is 0 Å². The van der Waals surface area contributed by atoms with Crippen molar-refractivity contribution in [1.29, 1.82) is 0 Å². The first-order valence-corrected chi connectivity index (χ1v) is 5.76. The Morgan fingerprint density at radius 1 is 1.40 bits per heavy atom. The predicted octanol–water partition coefficient (Wildman–Crippen LogP) is 0.509. The van der Waals surface area contributed by atoms with E-state index < -0.39 is 0 Å². The third-order valence-corrected chi connectivity index (χ3v) is 3.39. The summed E-state index contributed by atoms with van der Waals surface area (Å²) in [5, 5.41) is 3.51. The summed E-state index contributed by atoms with van der Waals surface area (Å²) < 4.78 is 10.6. The molecular weight excluding hydrogens is 192 g/mol. The van der Waals surface area contributed by atoms with Gasteiger partial charge >= 0.3 is 0 Å². The topological polar surface area (TPSA) is 56.5 Å². The highest BCUT2D eigenvalue weighted by Gasteiger charge is 2.39. The van der Waals surface area contributed by atoms with Crippen LogP contribution in [0.5, 0.6) is 0 Å². The van der Waals surface area contributed by atoms with Gasteiger partial charge in [-0.05, 0) is 12.8 Å². The minimum Gasteiger partial charge on any atom is -0.383 e. The molecule has 1 saturated carbocycles. The number of nitrogens with one attached hydrogen (secondary N) is 1. The third-order valence-electron chi connectivity index (χ3n) is 3.39. The van der Waals surface area contributed by atoms with Gasteiger partial charge in [0.25, 0.3) is 0 Å². The number of nitrogens with two attached hydrogens (primary N) is 1. The Bertz CT molecular complexity index is 178. The van der Waals surface area contributed by atoms with E-state index in [1.807, 2.05) is 0 Å². The Morgan fingerprint density at radius 2 is 2.20 bits per heavy atom. The molecular formula is C11H24N2O2. The summed E-state index contributed by atoms with van der Waals surface area (Å²) in [5.74, 6) is 0. The molecule has 4 heteroatoms. The molecule has 0 aromatic rings. The zero-order chi connectivity index (χ0) is 11.1. The molecule has 2 unspecified atom stereocenters. The fraction of sp³-hybridized carbons (Fsp3) is 1.00. The number of rotatable bonds is 6. The first-order valence-electron chi connectivity index (χ1n) is 5.76. The number of hydrogen-bond acceptors (Lipinski definition) is 4. The SMILES string of the molecule is COCCNC1(CN)CCCCC1OC. The van der Waals surface area contributed by atoms with Crippen LogP contribution in [0.2, 0.25) is 0 Å². The van der Waals surface area contributed by atoms with E-state index in [-0.39, 0.29) is 11.6 Å². The van der Waals surface area contributed by atoms with Gasteiger partial charge in [-0.1, -0.05) is 12.8 Å². The smallest absolute Gasteiger partial charge is 0.0765 e. The van der Waals surface area contributed by atoms with Crippen molar-refractivity contribution < 1.29 is 9.47 Å². The van der Waals surface area contributed by atoms with Crippen molar-refractivity contribution in [3.05, 3.63) is 0 Å². The second-order valence-electron chi connectivity index (χ2n) is 4.25. The summed E-state index contributed by atoms with van der Waals surface area (Å²) in [6, 6.07) is 0. The molecule has 3 N–H and O–H groups in total. The van der Waals surface area contributed by atoms with Crippen LogP contribution < -0.4 is 11.1 Å². The summed E-state index contributed by atoms with van der Waals surface area (Å²) >= 11 is 0. The standard InChI is InChI=1S/C11H24N2O2/c1-14-8-7-13-11(9-12)6-4-3-5-10(11)15-2/h10,13H,3-9,12H2,1-2H3. The summed E-state index contributed by atoms with van der Waals surface area (Å²) in [7, 11) is 3.49. The molecule has 0 aliphatic heterocycles. The van der Waals surface area contributed by atoms with E-state index in [4.69, 9.17) is 15.2 Å². The molecule has 15 heavy (non-hydrogen) atoms. The average Bonchev–Trinajstić information content (AvgIpc) is 2.30. The van der Waals surface area contributed by atoms with E-state index in [2.05, 4.69) is 5.32 Å². The Kier molecular flexibility index (Phi) is 5.53. The molecule has 1 aliphatic rings. The van der Waals surface area contributed by atoms with Crippen LogP contribution in [0.15, 0.2) is 0 Å². The van der Waals surface area contributed by atoms with Crippen LogP contribution in [0, 0.1) is 0 Å². The van der Waals surface area contributed by atoms with Gasteiger partial charge in [0, 0.05) is 27.3 Å². The fourth-order valence-electron chi connectivity index (χ4n) is 2.46. The molecule has 0 aromatic heterocycles. The van der Waals surface area contributed by atoms with E-state index in [9.17, 15) is 0 Å². The Balaban J connectivity index is 2.53. The molecule has 1 aliphatic carbocycles. The zero-order valence-electron chi connectivity index (χ0n) is 9.92. The van der Waals surface area contributed by atoms with E-state index in [1.54, 1.807) is 14.2 Å². The molecule has 1 rings (SSSR count). The number of methoxy groups -OCH3 is 2. The molecule has 90 valence electrons. The van der Waals surface area contributed by atoms with Gasteiger partial charge in [-0.15, -0.1) is 0 Å². The maximum absolute atomic E-state index is 5.90. The van der Waals surface area contributed by atoms with Crippen molar-refractivity contribution in [2.45, 2.75) is 37.3 Å². The van der Waals surface area contributed by atoms with Gasteiger partial charge in [0.1, 0.15) is 0 Å². The fourth-order valence-corrected chi connectivity index (χ4v) is 2.46. The van der Waals surface area contributed by atoms with E-state index >= 15 is 0 Å². The highest BCUT2D eigenvalue weighted by Crippen LogP contribution is 2.29. The third kappa shape index (κ3) is 3.14. The van der Waals surface area contributed by atoms with Crippen molar-refractivity contribution in [2.75, 3.05) is 33.9 Å².